The van der Waals surface area contributed by atoms with Gasteiger partial charge in [-0.05, 0) is 30.7 Å². The van der Waals surface area contributed by atoms with Crippen LogP contribution in [0.1, 0.15) is 6.42 Å². The molecule has 0 aliphatic carbocycles. The smallest absolute Gasteiger partial charge is 0.222 e. The lowest BCUT2D eigenvalue weighted by molar-refractivity contribution is -0.121. The zero-order valence-corrected chi connectivity index (χ0v) is 8.32. The van der Waals surface area contributed by atoms with Crippen LogP contribution in [0, 0.1) is 11.7 Å². The molecular formula is C11H13FN2O. The highest BCUT2D eigenvalue weighted by atomic mass is 19.1. The number of hydrogen-bond donors (Lipinski definition) is 1. The highest BCUT2D eigenvalue weighted by Gasteiger charge is 2.26. The maximum Gasteiger partial charge on any atom is 0.222 e. The zero-order valence-electron chi connectivity index (χ0n) is 8.32. The fraction of sp³-hybridized carbons (Fsp3) is 0.364. The first-order valence-electron chi connectivity index (χ1n) is 4.96. The first-order valence-corrected chi connectivity index (χ1v) is 4.96. The van der Waals surface area contributed by atoms with Crippen LogP contribution in [-0.4, -0.2) is 19.0 Å². The van der Waals surface area contributed by atoms with E-state index in [2.05, 4.69) is 4.90 Å². The Hall–Kier alpha value is -1.58. The average molecular weight is 208 g/mol. The van der Waals surface area contributed by atoms with E-state index < -0.39 is 0 Å². The van der Waals surface area contributed by atoms with Gasteiger partial charge in [0.1, 0.15) is 5.82 Å². The first-order chi connectivity index (χ1) is 7.16. The molecule has 1 heterocycles. The van der Waals surface area contributed by atoms with Gasteiger partial charge in [0.05, 0.1) is 5.92 Å². The largest absolute Gasteiger partial charge is 0.371 e. The van der Waals surface area contributed by atoms with E-state index >= 15 is 0 Å². The Kier molecular flexibility index (Phi) is 2.58. The molecule has 15 heavy (non-hydrogen) atoms. The van der Waals surface area contributed by atoms with Crippen LogP contribution in [0.15, 0.2) is 24.3 Å². The summed E-state index contributed by atoms with van der Waals surface area (Å²) in [5.74, 6) is -0.570. The molecule has 1 fully saturated rings. The lowest BCUT2D eigenvalue weighted by atomic mass is 10.1. The number of primary amides is 1. The van der Waals surface area contributed by atoms with E-state index in [0.29, 0.717) is 6.54 Å². The molecule has 1 amide bonds. The SMILES string of the molecule is NC(=O)[C@@H]1CCN(c2ccc(F)cc2)C1. The predicted octanol–water partition coefficient (Wildman–Crippen LogP) is 1.14. The van der Waals surface area contributed by atoms with Crippen molar-refractivity contribution in [3.63, 3.8) is 0 Å². The van der Waals surface area contributed by atoms with Crippen molar-refractivity contribution in [2.45, 2.75) is 6.42 Å². The highest BCUT2D eigenvalue weighted by molar-refractivity contribution is 5.78. The van der Waals surface area contributed by atoms with Gasteiger partial charge in [0.2, 0.25) is 5.91 Å². The van der Waals surface area contributed by atoms with E-state index in [4.69, 9.17) is 5.73 Å². The predicted molar refractivity (Wildman–Crippen MR) is 55.9 cm³/mol. The van der Waals surface area contributed by atoms with Gasteiger partial charge in [0.15, 0.2) is 0 Å². The number of carbonyl (C=O) groups is 1. The molecule has 0 aromatic heterocycles. The third-order valence-electron chi connectivity index (χ3n) is 2.78. The van der Waals surface area contributed by atoms with Crippen LogP contribution in [0.5, 0.6) is 0 Å². The van der Waals surface area contributed by atoms with Crippen molar-refractivity contribution in [3.05, 3.63) is 30.1 Å². The lowest BCUT2D eigenvalue weighted by Crippen LogP contribution is -2.27. The van der Waals surface area contributed by atoms with Crippen molar-refractivity contribution < 1.29 is 9.18 Å². The van der Waals surface area contributed by atoms with Gasteiger partial charge in [-0.3, -0.25) is 4.79 Å². The van der Waals surface area contributed by atoms with Crippen molar-refractivity contribution in [3.8, 4) is 0 Å². The Morgan fingerprint density at radius 3 is 2.60 bits per heavy atom. The molecule has 0 bridgehead atoms. The van der Waals surface area contributed by atoms with Gasteiger partial charge in [0.25, 0.3) is 0 Å². The van der Waals surface area contributed by atoms with Crippen LogP contribution in [0.3, 0.4) is 0 Å². The number of rotatable bonds is 2. The molecule has 3 nitrogen and oxygen atoms in total. The molecule has 0 spiro atoms. The van der Waals surface area contributed by atoms with Gasteiger partial charge >= 0.3 is 0 Å². The molecule has 1 aromatic rings. The Morgan fingerprint density at radius 1 is 1.40 bits per heavy atom. The van der Waals surface area contributed by atoms with Crippen molar-refractivity contribution in [2.24, 2.45) is 11.7 Å². The molecule has 2 rings (SSSR count). The summed E-state index contributed by atoms with van der Waals surface area (Å²) in [5.41, 5.74) is 6.18. The van der Waals surface area contributed by atoms with E-state index in [9.17, 15) is 9.18 Å². The van der Waals surface area contributed by atoms with E-state index in [1.807, 2.05) is 0 Å². The number of anilines is 1. The number of nitrogens with two attached hydrogens (primary N) is 1. The van der Waals surface area contributed by atoms with E-state index in [1.165, 1.54) is 12.1 Å². The van der Waals surface area contributed by atoms with Crippen LogP contribution >= 0.6 is 0 Å². The summed E-state index contributed by atoms with van der Waals surface area (Å²) in [6.07, 6.45) is 0.784. The molecule has 0 unspecified atom stereocenters. The minimum Gasteiger partial charge on any atom is -0.371 e. The summed E-state index contributed by atoms with van der Waals surface area (Å²) < 4.78 is 12.7. The van der Waals surface area contributed by atoms with E-state index in [0.717, 1.165) is 18.7 Å². The zero-order chi connectivity index (χ0) is 10.8. The Labute approximate surface area is 87.7 Å². The molecule has 80 valence electrons. The van der Waals surface area contributed by atoms with Crippen LogP contribution in [-0.2, 0) is 4.79 Å². The number of carbonyl (C=O) groups excluding carboxylic acids is 1. The summed E-state index contributed by atoms with van der Waals surface area (Å²) in [5, 5.41) is 0. The Balaban J connectivity index is 2.07. The molecule has 0 saturated carbocycles. The molecule has 2 N–H and O–H groups in total. The van der Waals surface area contributed by atoms with Gasteiger partial charge in [-0.15, -0.1) is 0 Å². The fourth-order valence-electron chi connectivity index (χ4n) is 1.88. The van der Waals surface area contributed by atoms with Crippen molar-refractivity contribution in [1.82, 2.24) is 0 Å². The topological polar surface area (TPSA) is 46.3 Å². The third kappa shape index (κ3) is 2.09. The molecular weight excluding hydrogens is 195 g/mol. The van der Waals surface area contributed by atoms with Gasteiger partial charge in [0, 0.05) is 18.8 Å². The van der Waals surface area contributed by atoms with Crippen LogP contribution < -0.4 is 10.6 Å². The monoisotopic (exact) mass is 208 g/mol. The van der Waals surface area contributed by atoms with Crippen LogP contribution in [0.25, 0.3) is 0 Å². The number of hydrogen-bond acceptors (Lipinski definition) is 2. The Morgan fingerprint density at radius 2 is 2.07 bits per heavy atom. The van der Waals surface area contributed by atoms with Crippen molar-refractivity contribution in [1.29, 1.82) is 0 Å². The summed E-state index contributed by atoms with van der Waals surface area (Å²) in [6, 6.07) is 6.29. The van der Waals surface area contributed by atoms with Gasteiger partial charge < -0.3 is 10.6 Å². The number of benzene rings is 1. The second-order valence-electron chi connectivity index (χ2n) is 3.81. The van der Waals surface area contributed by atoms with E-state index in [1.54, 1.807) is 12.1 Å². The molecule has 4 heteroatoms. The van der Waals surface area contributed by atoms with Crippen molar-refractivity contribution in [2.75, 3.05) is 18.0 Å². The lowest BCUT2D eigenvalue weighted by Gasteiger charge is -2.17. The summed E-state index contributed by atoms with van der Waals surface area (Å²) in [6.45, 7) is 1.44. The third-order valence-corrected chi connectivity index (χ3v) is 2.78. The Bertz CT molecular complexity index is 363. The first kappa shape index (κ1) is 9.96. The molecule has 1 aliphatic heterocycles. The van der Waals surface area contributed by atoms with E-state index in [-0.39, 0.29) is 17.6 Å². The summed E-state index contributed by atoms with van der Waals surface area (Å²) in [7, 11) is 0. The standard InChI is InChI=1S/C11H13FN2O/c12-9-1-3-10(4-2-9)14-6-5-8(7-14)11(13)15/h1-4,8H,5-7H2,(H2,13,15)/t8-/m1/s1. The van der Waals surface area contributed by atoms with Gasteiger partial charge in [-0.2, -0.15) is 0 Å². The normalized spacial score (nSPS) is 20.6. The molecule has 1 saturated heterocycles. The maximum atomic E-state index is 12.7. The quantitative estimate of drug-likeness (QED) is 0.792. The number of amides is 1. The average Bonchev–Trinajstić information content (AvgIpc) is 2.68. The minimum atomic E-state index is -0.250. The molecule has 0 radical (unpaired) electrons. The summed E-state index contributed by atoms with van der Waals surface area (Å²) in [4.78, 5) is 13.0. The van der Waals surface area contributed by atoms with Crippen LogP contribution in [0.2, 0.25) is 0 Å². The molecule has 1 aliphatic rings. The molecule has 1 aromatic carbocycles. The van der Waals surface area contributed by atoms with Crippen LogP contribution in [0.4, 0.5) is 10.1 Å². The van der Waals surface area contributed by atoms with Crippen molar-refractivity contribution >= 4 is 11.6 Å². The van der Waals surface area contributed by atoms with Gasteiger partial charge in [-0.1, -0.05) is 0 Å². The molecule has 1 atom stereocenters. The second kappa shape index (κ2) is 3.88. The highest BCUT2D eigenvalue weighted by Crippen LogP contribution is 2.23. The maximum absolute atomic E-state index is 12.7. The second-order valence-corrected chi connectivity index (χ2v) is 3.81. The fourth-order valence-corrected chi connectivity index (χ4v) is 1.88. The van der Waals surface area contributed by atoms with Gasteiger partial charge in [-0.25, -0.2) is 4.39 Å². The number of halogens is 1. The number of nitrogens with zero attached hydrogens (tertiary/aromatic N) is 1. The minimum absolute atomic E-state index is 0.0740. The summed E-state index contributed by atoms with van der Waals surface area (Å²) >= 11 is 0.